The fourth-order valence-electron chi connectivity index (χ4n) is 6.78. The summed E-state index contributed by atoms with van der Waals surface area (Å²) in [5, 5.41) is 8.16. The molecule has 6 aromatic rings. The van der Waals surface area contributed by atoms with E-state index in [4.69, 9.17) is 32.9 Å². The van der Waals surface area contributed by atoms with Crippen molar-refractivity contribution in [3.8, 4) is 22.5 Å². The molecule has 0 bridgehead atoms. The minimum atomic E-state index is -0.408. The number of fused-ring (bicyclic) bond motifs is 1. The van der Waals surface area contributed by atoms with Crippen LogP contribution in [0.1, 0.15) is 55.7 Å². The van der Waals surface area contributed by atoms with Gasteiger partial charge in [0.25, 0.3) is 5.91 Å². The number of amides is 2. The molecule has 1 unspecified atom stereocenters. The molecule has 0 radical (unpaired) electrons. The zero-order valence-corrected chi connectivity index (χ0v) is 30.6. The maximum absolute atomic E-state index is 14.6. The molecule has 1 fully saturated rings. The van der Waals surface area contributed by atoms with Crippen molar-refractivity contribution in [3.63, 3.8) is 0 Å². The molecule has 1 saturated heterocycles. The van der Waals surface area contributed by atoms with Gasteiger partial charge in [0, 0.05) is 57.4 Å². The molecular weight excluding hydrogens is 697 g/mol. The Bertz CT molecular complexity index is 2210. The fourth-order valence-corrected chi connectivity index (χ4v) is 7.08. The number of ether oxygens (including phenoxy) is 1. The first-order valence-corrected chi connectivity index (χ1v) is 18.1. The smallest absolute Gasteiger partial charge is 0.407 e. The number of halogens is 2. The van der Waals surface area contributed by atoms with E-state index in [-0.39, 0.29) is 24.1 Å². The van der Waals surface area contributed by atoms with E-state index >= 15 is 0 Å². The number of hydrogen-bond donors (Lipinski definition) is 3. The number of anilines is 2. The number of rotatable bonds is 9. The second kappa shape index (κ2) is 15.1. The molecule has 1 aliphatic heterocycles. The zero-order valence-electron chi connectivity index (χ0n) is 29.1. The third-order valence-electron chi connectivity index (χ3n) is 9.33. The first kappa shape index (κ1) is 35.1. The van der Waals surface area contributed by atoms with Crippen molar-refractivity contribution in [1.82, 2.24) is 24.8 Å². The lowest BCUT2D eigenvalue weighted by Crippen LogP contribution is -2.45. The Morgan fingerprint density at radius 2 is 1.63 bits per heavy atom. The summed E-state index contributed by atoms with van der Waals surface area (Å²) in [5.41, 5.74) is 5.83. The van der Waals surface area contributed by atoms with Crippen molar-refractivity contribution in [1.29, 1.82) is 0 Å². The Balaban J connectivity index is 1.27. The number of hydrogen-bond acceptors (Lipinski definition) is 6. The topological polar surface area (TPSA) is 117 Å². The van der Waals surface area contributed by atoms with Crippen molar-refractivity contribution in [3.05, 3.63) is 119 Å². The summed E-state index contributed by atoms with van der Waals surface area (Å²) < 4.78 is 7.37. The number of aromatic amines is 1. The van der Waals surface area contributed by atoms with E-state index in [1.165, 1.54) is 0 Å². The molecule has 0 spiro atoms. The average molecular weight is 737 g/mol. The summed E-state index contributed by atoms with van der Waals surface area (Å²) in [6, 6.07) is 26.8. The molecule has 3 N–H and O–H groups in total. The Hall–Kier alpha value is -5.32. The Labute approximate surface area is 312 Å². The molecule has 7 rings (SSSR count). The van der Waals surface area contributed by atoms with Crippen LogP contribution in [0.3, 0.4) is 0 Å². The van der Waals surface area contributed by atoms with Crippen LogP contribution in [-0.2, 0) is 4.74 Å². The van der Waals surface area contributed by atoms with Crippen molar-refractivity contribution < 1.29 is 14.3 Å². The number of aromatic nitrogens is 4. The quantitative estimate of drug-likeness (QED) is 0.136. The highest BCUT2D eigenvalue weighted by Crippen LogP contribution is 2.42. The van der Waals surface area contributed by atoms with E-state index in [9.17, 15) is 9.59 Å². The van der Waals surface area contributed by atoms with Gasteiger partial charge in [-0.3, -0.25) is 4.79 Å². The standard InChI is InChI=1S/C40H39Cl2N7O3/c1-24(2)52-40(51)45-30-17-20-48(21-18-30)38-32(10-7-19-43-38)47-39(50)36-34(31-16-15-29(42)22-33(31)46-36)37-35(27-8-5-4-6-9-27)44-23-49(37)25(3)26-11-13-28(41)14-12-26/h4-16,19,22-25,30,46H,17-18,20-21H2,1-3H3,(H,45,51)(H,47,50). The lowest BCUT2D eigenvalue weighted by atomic mass is 9.99. The van der Waals surface area contributed by atoms with E-state index in [0.717, 1.165) is 33.4 Å². The van der Waals surface area contributed by atoms with Crippen LogP contribution >= 0.6 is 23.2 Å². The van der Waals surface area contributed by atoms with Gasteiger partial charge in [-0.2, -0.15) is 0 Å². The fraction of sp³-hybridized carbons (Fsp3) is 0.250. The third-order valence-corrected chi connectivity index (χ3v) is 9.82. The van der Waals surface area contributed by atoms with Gasteiger partial charge in [0.1, 0.15) is 5.69 Å². The molecule has 0 saturated carbocycles. The number of nitrogens with one attached hydrogen (secondary N) is 3. The number of carbonyl (C=O) groups excluding carboxylic acids is 2. The van der Waals surface area contributed by atoms with Gasteiger partial charge < -0.3 is 29.8 Å². The molecule has 2 amide bonds. The van der Waals surface area contributed by atoms with Gasteiger partial charge in [-0.15, -0.1) is 0 Å². The lowest BCUT2D eigenvalue weighted by molar-refractivity contribution is 0.102. The first-order chi connectivity index (χ1) is 25.2. The predicted octanol–water partition coefficient (Wildman–Crippen LogP) is 9.37. The first-order valence-electron chi connectivity index (χ1n) is 17.3. The summed E-state index contributed by atoms with van der Waals surface area (Å²) >= 11 is 12.7. The Morgan fingerprint density at radius 1 is 0.904 bits per heavy atom. The summed E-state index contributed by atoms with van der Waals surface area (Å²) in [7, 11) is 0. The van der Waals surface area contributed by atoms with Gasteiger partial charge in [0.05, 0.1) is 35.5 Å². The number of nitrogens with zero attached hydrogens (tertiary/aromatic N) is 4. The normalized spacial score (nSPS) is 14.1. The number of piperidine rings is 1. The van der Waals surface area contributed by atoms with E-state index < -0.39 is 6.09 Å². The highest BCUT2D eigenvalue weighted by molar-refractivity contribution is 6.31. The molecule has 10 nitrogen and oxygen atoms in total. The Morgan fingerprint density at radius 3 is 2.37 bits per heavy atom. The van der Waals surface area contributed by atoms with Crippen LogP contribution in [0.25, 0.3) is 33.4 Å². The number of imidazole rings is 1. The number of H-pyrrole nitrogens is 1. The molecule has 4 heterocycles. The zero-order chi connectivity index (χ0) is 36.4. The lowest BCUT2D eigenvalue weighted by Gasteiger charge is -2.34. The van der Waals surface area contributed by atoms with E-state index in [1.54, 1.807) is 12.3 Å². The van der Waals surface area contributed by atoms with Crippen LogP contribution in [0, 0.1) is 0 Å². The van der Waals surface area contributed by atoms with Gasteiger partial charge in [0.15, 0.2) is 5.82 Å². The number of pyridine rings is 1. The van der Waals surface area contributed by atoms with Gasteiger partial charge in [-0.05, 0) is 75.6 Å². The highest BCUT2D eigenvalue weighted by atomic mass is 35.5. The van der Waals surface area contributed by atoms with Crippen molar-refractivity contribution in [2.24, 2.45) is 0 Å². The van der Waals surface area contributed by atoms with E-state index in [1.807, 2.05) is 99.0 Å². The second-order valence-electron chi connectivity index (χ2n) is 13.2. The maximum atomic E-state index is 14.6. The summed E-state index contributed by atoms with van der Waals surface area (Å²) in [6.45, 7) is 7.04. The Kier molecular flexibility index (Phi) is 10.2. The van der Waals surface area contributed by atoms with Crippen LogP contribution in [0.5, 0.6) is 0 Å². The van der Waals surface area contributed by atoms with Gasteiger partial charge in [-0.1, -0.05) is 71.7 Å². The molecule has 0 aliphatic carbocycles. The monoisotopic (exact) mass is 735 g/mol. The number of benzene rings is 3. The third kappa shape index (κ3) is 7.35. The molecule has 266 valence electrons. The SMILES string of the molecule is CC(C)OC(=O)NC1CCN(c2ncccc2NC(=O)c2[nH]c3cc(Cl)ccc3c2-c2c(-c3ccccc3)ncn2C(C)c2ccc(Cl)cc2)CC1. The molecule has 3 aromatic carbocycles. The summed E-state index contributed by atoms with van der Waals surface area (Å²) in [5.74, 6) is 0.321. The second-order valence-corrected chi connectivity index (χ2v) is 14.1. The average Bonchev–Trinajstić information content (AvgIpc) is 3.74. The number of alkyl carbamates (subject to hydrolysis) is 1. The van der Waals surface area contributed by atoms with Crippen LogP contribution in [-0.4, -0.2) is 56.8 Å². The van der Waals surface area contributed by atoms with Crippen LogP contribution in [0.2, 0.25) is 10.0 Å². The molecule has 1 atom stereocenters. The molecule has 12 heteroatoms. The van der Waals surface area contributed by atoms with Crippen LogP contribution < -0.4 is 15.5 Å². The highest BCUT2D eigenvalue weighted by Gasteiger charge is 2.29. The molecule has 52 heavy (non-hydrogen) atoms. The maximum Gasteiger partial charge on any atom is 0.407 e. The van der Waals surface area contributed by atoms with E-state index in [2.05, 4.69) is 37.0 Å². The van der Waals surface area contributed by atoms with Gasteiger partial charge >= 0.3 is 6.09 Å². The van der Waals surface area contributed by atoms with Crippen molar-refractivity contribution >= 4 is 57.6 Å². The molecule has 1 aliphatic rings. The van der Waals surface area contributed by atoms with Crippen molar-refractivity contribution in [2.75, 3.05) is 23.3 Å². The number of carbonyl (C=O) groups is 2. The minimum Gasteiger partial charge on any atom is -0.447 e. The summed E-state index contributed by atoms with van der Waals surface area (Å²) in [6.07, 6.45) is 4.37. The predicted molar refractivity (Wildman–Crippen MR) is 207 cm³/mol. The minimum absolute atomic E-state index is 0.0103. The largest absolute Gasteiger partial charge is 0.447 e. The van der Waals surface area contributed by atoms with Gasteiger partial charge in [0.2, 0.25) is 0 Å². The summed E-state index contributed by atoms with van der Waals surface area (Å²) in [4.78, 5) is 41.9. The van der Waals surface area contributed by atoms with Crippen LogP contribution in [0.15, 0.2) is 97.5 Å². The van der Waals surface area contributed by atoms with E-state index in [0.29, 0.717) is 58.7 Å². The molecular formula is C40H39Cl2N7O3. The van der Waals surface area contributed by atoms with Crippen molar-refractivity contribution in [2.45, 2.75) is 51.8 Å². The van der Waals surface area contributed by atoms with Gasteiger partial charge in [-0.25, -0.2) is 14.8 Å². The molecule has 3 aromatic heterocycles. The van der Waals surface area contributed by atoms with Crippen LogP contribution in [0.4, 0.5) is 16.3 Å².